The van der Waals surface area contributed by atoms with Crippen molar-refractivity contribution in [2.75, 3.05) is 11.4 Å². The maximum atomic E-state index is 12.4. The number of nitrogens with zero attached hydrogens (tertiary/aromatic N) is 3. The second kappa shape index (κ2) is 6.59. The van der Waals surface area contributed by atoms with E-state index in [1.165, 1.54) is 12.4 Å². The van der Waals surface area contributed by atoms with Crippen molar-refractivity contribution in [3.63, 3.8) is 0 Å². The number of hydrogen-bond acceptors (Lipinski definition) is 7. The Morgan fingerprint density at radius 3 is 2.52 bits per heavy atom. The van der Waals surface area contributed by atoms with E-state index in [-0.39, 0.29) is 35.5 Å². The van der Waals surface area contributed by atoms with Crippen molar-refractivity contribution in [2.24, 2.45) is 11.8 Å². The number of hydrogen-bond donors (Lipinski definition) is 2. The van der Waals surface area contributed by atoms with Crippen LogP contribution in [0, 0.1) is 11.8 Å². The van der Waals surface area contributed by atoms with Crippen LogP contribution in [0.1, 0.15) is 48.9 Å². The van der Waals surface area contributed by atoms with Gasteiger partial charge in [-0.25, -0.2) is 15.4 Å². The highest BCUT2D eigenvalue weighted by atomic mass is 16.5. The van der Waals surface area contributed by atoms with E-state index in [0.717, 1.165) is 45.1 Å². The number of rotatable bonds is 4. The highest BCUT2D eigenvalue weighted by Gasteiger charge is 2.49. The molecule has 1 aromatic rings. The fraction of sp³-hybridized carbons (Fsp3) is 0.647. The molecule has 8 nitrogen and oxygen atoms in total. The number of ether oxygens (including phenoxy) is 1. The van der Waals surface area contributed by atoms with Crippen LogP contribution in [0.2, 0.25) is 0 Å². The standard InChI is InChI=1S/C17H22N4O4/c22-15(20-24)11-7-18-17(19-8-11)21-9-10-5-12(21)6-14(10)16(23)25-13-3-1-2-4-13/h7-8,10,12-14,24H,1-6,9H2,(H,20,22)/t10-,12-,14?/m0/s1. The van der Waals surface area contributed by atoms with Crippen LogP contribution >= 0.6 is 0 Å². The maximum Gasteiger partial charge on any atom is 0.309 e. The van der Waals surface area contributed by atoms with E-state index >= 15 is 0 Å². The minimum atomic E-state index is -0.635. The number of hydroxylamine groups is 1. The Labute approximate surface area is 145 Å². The molecule has 2 N–H and O–H groups in total. The molecule has 2 bridgehead atoms. The summed E-state index contributed by atoms with van der Waals surface area (Å²) < 4.78 is 5.69. The van der Waals surface area contributed by atoms with Crippen molar-refractivity contribution in [3.05, 3.63) is 18.0 Å². The fourth-order valence-electron chi connectivity index (χ4n) is 4.40. The summed E-state index contributed by atoms with van der Waals surface area (Å²) in [5.74, 6) is 0.160. The summed E-state index contributed by atoms with van der Waals surface area (Å²) >= 11 is 0. The van der Waals surface area contributed by atoms with Crippen LogP contribution in [0.5, 0.6) is 0 Å². The summed E-state index contributed by atoms with van der Waals surface area (Å²) in [5, 5.41) is 8.63. The van der Waals surface area contributed by atoms with Crippen LogP contribution in [-0.4, -0.2) is 45.7 Å². The molecule has 4 rings (SSSR count). The van der Waals surface area contributed by atoms with Gasteiger partial charge in [0.05, 0.1) is 11.5 Å². The Hall–Kier alpha value is -2.22. The van der Waals surface area contributed by atoms with E-state index in [2.05, 4.69) is 14.9 Å². The molecule has 1 amide bonds. The zero-order valence-corrected chi connectivity index (χ0v) is 13.9. The molecule has 2 aliphatic carbocycles. The molecular formula is C17H22N4O4. The van der Waals surface area contributed by atoms with E-state index in [1.807, 2.05) is 0 Å². The first kappa shape index (κ1) is 16.3. The van der Waals surface area contributed by atoms with Gasteiger partial charge in [-0.05, 0) is 44.4 Å². The summed E-state index contributed by atoms with van der Waals surface area (Å²) in [6, 6.07) is 0.239. The van der Waals surface area contributed by atoms with Gasteiger partial charge in [-0.15, -0.1) is 0 Å². The Balaban J connectivity index is 1.37. The van der Waals surface area contributed by atoms with Crippen molar-refractivity contribution in [1.29, 1.82) is 0 Å². The largest absolute Gasteiger partial charge is 0.462 e. The van der Waals surface area contributed by atoms with E-state index in [4.69, 9.17) is 9.94 Å². The van der Waals surface area contributed by atoms with Gasteiger partial charge in [-0.2, -0.15) is 0 Å². The molecule has 0 aromatic carbocycles. The van der Waals surface area contributed by atoms with E-state index < -0.39 is 5.91 Å². The number of esters is 1. The van der Waals surface area contributed by atoms with Gasteiger partial charge in [0.15, 0.2) is 0 Å². The predicted octanol–water partition coefficient (Wildman–Crippen LogP) is 1.30. The minimum absolute atomic E-state index is 0.0127. The lowest BCUT2D eigenvalue weighted by Crippen LogP contribution is -2.40. The smallest absolute Gasteiger partial charge is 0.309 e. The third kappa shape index (κ3) is 3.06. The molecule has 1 unspecified atom stereocenters. The number of fused-ring (bicyclic) bond motifs is 2. The number of piperidine rings is 1. The van der Waals surface area contributed by atoms with Gasteiger partial charge >= 0.3 is 5.97 Å². The van der Waals surface area contributed by atoms with Gasteiger partial charge in [0.2, 0.25) is 5.95 Å². The second-order valence-electron chi connectivity index (χ2n) is 7.20. The third-order valence-electron chi connectivity index (χ3n) is 5.69. The molecular weight excluding hydrogens is 324 g/mol. The van der Waals surface area contributed by atoms with Gasteiger partial charge < -0.3 is 9.64 Å². The Morgan fingerprint density at radius 2 is 1.92 bits per heavy atom. The lowest BCUT2D eigenvalue weighted by molar-refractivity contribution is -0.155. The normalized spacial score (nSPS) is 28.4. The molecule has 2 saturated carbocycles. The molecule has 1 aromatic heterocycles. The van der Waals surface area contributed by atoms with Crippen LogP contribution in [0.4, 0.5) is 5.95 Å². The highest BCUT2D eigenvalue weighted by Crippen LogP contribution is 2.44. The lowest BCUT2D eigenvalue weighted by Gasteiger charge is -2.31. The van der Waals surface area contributed by atoms with Gasteiger partial charge in [-0.3, -0.25) is 14.8 Å². The first-order chi connectivity index (χ1) is 12.2. The molecule has 3 fully saturated rings. The van der Waals surface area contributed by atoms with Crippen LogP contribution in [0.3, 0.4) is 0 Å². The third-order valence-corrected chi connectivity index (χ3v) is 5.69. The molecule has 3 atom stereocenters. The van der Waals surface area contributed by atoms with Crippen LogP contribution < -0.4 is 10.4 Å². The van der Waals surface area contributed by atoms with E-state index in [1.54, 1.807) is 5.48 Å². The van der Waals surface area contributed by atoms with Crippen LogP contribution in [0.15, 0.2) is 12.4 Å². The fourth-order valence-corrected chi connectivity index (χ4v) is 4.40. The van der Waals surface area contributed by atoms with Crippen LogP contribution in [0.25, 0.3) is 0 Å². The quantitative estimate of drug-likeness (QED) is 0.481. The minimum Gasteiger partial charge on any atom is -0.462 e. The van der Waals surface area contributed by atoms with Crippen LogP contribution in [-0.2, 0) is 9.53 Å². The first-order valence-electron chi connectivity index (χ1n) is 8.89. The summed E-state index contributed by atoms with van der Waals surface area (Å²) in [4.78, 5) is 34.3. The average molecular weight is 346 g/mol. The van der Waals surface area contributed by atoms with Gasteiger partial charge in [0.25, 0.3) is 5.91 Å². The predicted molar refractivity (Wildman–Crippen MR) is 87.0 cm³/mol. The van der Waals surface area contributed by atoms with Gasteiger partial charge in [-0.1, -0.05) is 0 Å². The van der Waals surface area contributed by atoms with Crippen molar-refractivity contribution < 1.29 is 19.5 Å². The number of amides is 1. The van der Waals surface area contributed by atoms with Crippen molar-refractivity contribution in [2.45, 2.75) is 50.7 Å². The molecule has 0 radical (unpaired) electrons. The zero-order valence-electron chi connectivity index (χ0n) is 13.9. The summed E-state index contributed by atoms with van der Waals surface area (Å²) in [6.45, 7) is 0.737. The molecule has 0 spiro atoms. The first-order valence-corrected chi connectivity index (χ1v) is 8.89. The van der Waals surface area contributed by atoms with E-state index in [0.29, 0.717) is 5.95 Å². The Bertz CT molecular complexity index is 659. The van der Waals surface area contributed by atoms with E-state index in [9.17, 15) is 9.59 Å². The highest BCUT2D eigenvalue weighted by molar-refractivity contribution is 5.92. The molecule has 1 saturated heterocycles. The Kier molecular flexibility index (Phi) is 4.29. The summed E-state index contributed by atoms with van der Waals surface area (Å²) in [7, 11) is 0. The van der Waals surface area contributed by atoms with Gasteiger partial charge in [0, 0.05) is 25.0 Å². The number of anilines is 1. The molecule has 134 valence electrons. The second-order valence-corrected chi connectivity index (χ2v) is 7.20. The van der Waals surface area contributed by atoms with Crippen molar-refractivity contribution in [3.8, 4) is 0 Å². The zero-order chi connectivity index (χ0) is 17.4. The summed E-state index contributed by atoms with van der Waals surface area (Å²) in [5.41, 5.74) is 1.76. The Morgan fingerprint density at radius 1 is 1.20 bits per heavy atom. The lowest BCUT2D eigenvalue weighted by atomic mass is 9.95. The molecule has 2 heterocycles. The molecule has 25 heavy (non-hydrogen) atoms. The van der Waals surface area contributed by atoms with Crippen molar-refractivity contribution >= 4 is 17.8 Å². The molecule has 1 aliphatic heterocycles. The monoisotopic (exact) mass is 346 g/mol. The van der Waals surface area contributed by atoms with Gasteiger partial charge in [0.1, 0.15) is 6.10 Å². The maximum absolute atomic E-state index is 12.4. The number of carbonyl (C=O) groups is 2. The number of nitrogens with one attached hydrogen (secondary N) is 1. The average Bonchev–Trinajstić information content (AvgIpc) is 3.37. The SMILES string of the molecule is O=C(NO)c1cnc(N2C[C@@H]3C[C@H]2CC3C(=O)OC2CCCC2)nc1. The number of aromatic nitrogens is 2. The van der Waals surface area contributed by atoms with Crippen molar-refractivity contribution in [1.82, 2.24) is 15.4 Å². The number of carbonyl (C=O) groups excluding carboxylic acids is 2. The topological polar surface area (TPSA) is 105 Å². The summed E-state index contributed by atoms with van der Waals surface area (Å²) in [6.07, 6.45) is 8.95. The molecule has 3 aliphatic rings. The molecule has 8 heteroatoms.